The molecule has 0 fully saturated rings. The predicted molar refractivity (Wildman–Crippen MR) is 77.7 cm³/mol. The molecular weight excluding hydrogens is 228 g/mol. The van der Waals surface area contributed by atoms with Gasteiger partial charge in [-0.05, 0) is 12.8 Å². The SMILES string of the molecule is CCCCCCCCCC=CC[SiH](OC)OC. The molecule has 0 amide bonds. The minimum Gasteiger partial charge on any atom is -0.400 e. The molecule has 3 heteroatoms. The van der Waals surface area contributed by atoms with E-state index < -0.39 is 9.28 Å². The Morgan fingerprint density at radius 2 is 1.41 bits per heavy atom. The maximum Gasteiger partial charge on any atom is 0.324 e. The lowest BCUT2D eigenvalue weighted by molar-refractivity contribution is 0.281. The molecule has 0 aliphatic carbocycles. The summed E-state index contributed by atoms with van der Waals surface area (Å²) in [6, 6.07) is 0.990. The minimum absolute atomic E-state index is 0.990. The molecule has 0 heterocycles. The third kappa shape index (κ3) is 12.1. The first-order valence-corrected chi connectivity index (χ1v) is 8.81. The normalized spacial score (nSPS) is 11.8. The number of allylic oxidation sites excluding steroid dienone is 2. The highest BCUT2D eigenvalue weighted by Gasteiger charge is 2.04. The maximum absolute atomic E-state index is 5.25. The van der Waals surface area contributed by atoms with E-state index in [0.717, 1.165) is 6.04 Å². The quantitative estimate of drug-likeness (QED) is 0.297. The van der Waals surface area contributed by atoms with Crippen molar-refractivity contribution in [2.45, 2.75) is 64.3 Å². The highest BCUT2D eigenvalue weighted by molar-refractivity contribution is 6.44. The van der Waals surface area contributed by atoms with Crippen LogP contribution in [0.15, 0.2) is 12.2 Å². The zero-order chi connectivity index (χ0) is 12.8. The van der Waals surface area contributed by atoms with E-state index in [4.69, 9.17) is 8.85 Å². The summed E-state index contributed by atoms with van der Waals surface area (Å²) in [4.78, 5) is 0. The third-order valence-corrected chi connectivity index (χ3v) is 4.70. The highest BCUT2D eigenvalue weighted by Crippen LogP contribution is 2.09. The molecule has 17 heavy (non-hydrogen) atoms. The van der Waals surface area contributed by atoms with Crippen LogP contribution in [0.2, 0.25) is 6.04 Å². The summed E-state index contributed by atoms with van der Waals surface area (Å²) in [6.07, 6.45) is 15.4. The van der Waals surface area contributed by atoms with Crippen LogP contribution in [0.25, 0.3) is 0 Å². The first kappa shape index (κ1) is 16.9. The first-order valence-electron chi connectivity index (χ1n) is 7.05. The van der Waals surface area contributed by atoms with Crippen LogP contribution in [-0.4, -0.2) is 23.5 Å². The van der Waals surface area contributed by atoms with Gasteiger partial charge in [0, 0.05) is 20.3 Å². The van der Waals surface area contributed by atoms with Crippen molar-refractivity contribution in [3.8, 4) is 0 Å². The Morgan fingerprint density at radius 1 is 0.824 bits per heavy atom. The van der Waals surface area contributed by atoms with E-state index in [1.807, 2.05) is 0 Å². The molecule has 0 aromatic rings. The Morgan fingerprint density at radius 3 is 2.00 bits per heavy atom. The summed E-state index contributed by atoms with van der Waals surface area (Å²) < 4.78 is 10.5. The van der Waals surface area contributed by atoms with Gasteiger partial charge in [0.05, 0.1) is 0 Å². The van der Waals surface area contributed by atoms with Crippen molar-refractivity contribution in [2.24, 2.45) is 0 Å². The molecule has 0 rings (SSSR count). The van der Waals surface area contributed by atoms with Crippen LogP contribution in [0.1, 0.15) is 58.3 Å². The molecule has 102 valence electrons. The number of hydrogen-bond acceptors (Lipinski definition) is 2. The van der Waals surface area contributed by atoms with E-state index in [0.29, 0.717) is 0 Å². The molecule has 0 aromatic heterocycles. The van der Waals surface area contributed by atoms with Gasteiger partial charge in [0.15, 0.2) is 0 Å². The van der Waals surface area contributed by atoms with Gasteiger partial charge in [0.25, 0.3) is 0 Å². The van der Waals surface area contributed by atoms with Crippen LogP contribution in [0, 0.1) is 0 Å². The Labute approximate surface area is 109 Å². The van der Waals surface area contributed by atoms with Gasteiger partial charge >= 0.3 is 9.28 Å². The molecular formula is C14H30O2Si. The van der Waals surface area contributed by atoms with Gasteiger partial charge in [0.1, 0.15) is 0 Å². The molecule has 2 nitrogen and oxygen atoms in total. The lowest BCUT2D eigenvalue weighted by Crippen LogP contribution is -2.17. The van der Waals surface area contributed by atoms with Gasteiger partial charge < -0.3 is 8.85 Å². The van der Waals surface area contributed by atoms with Crippen LogP contribution in [-0.2, 0) is 8.85 Å². The molecule has 0 aromatic carbocycles. The van der Waals surface area contributed by atoms with Crippen LogP contribution in [0.5, 0.6) is 0 Å². The lowest BCUT2D eigenvalue weighted by atomic mass is 10.1. The molecule has 0 saturated carbocycles. The topological polar surface area (TPSA) is 18.5 Å². The summed E-state index contributed by atoms with van der Waals surface area (Å²) in [5.41, 5.74) is 0. The molecule has 0 aliphatic rings. The summed E-state index contributed by atoms with van der Waals surface area (Å²) in [6.45, 7) is 2.27. The fourth-order valence-electron chi connectivity index (χ4n) is 1.83. The van der Waals surface area contributed by atoms with Crippen molar-refractivity contribution in [1.29, 1.82) is 0 Å². The minimum atomic E-state index is -1.36. The average Bonchev–Trinajstić information content (AvgIpc) is 2.36. The standard InChI is InChI=1S/C14H30O2Si/c1-4-5-6-7-8-9-10-11-12-13-14-17(15-2)16-3/h12-13,17H,4-11,14H2,1-3H3. The van der Waals surface area contributed by atoms with Crippen LogP contribution >= 0.6 is 0 Å². The van der Waals surface area contributed by atoms with Gasteiger partial charge in [-0.3, -0.25) is 0 Å². The fourth-order valence-corrected chi connectivity index (χ4v) is 2.83. The fraction of sp³-hybridized carbons (Fsp3) is 0.857. The monoisotopic (exact) mass is 258 g/mol. The largest absolute Gasteiger partial charge is 0.400 e. The Kier molecular flexibility index (Phi) is 13.8. The zero-order valence-electron chi connectivity index (χ0n) is 11.9. The molecule has 0 radical (unpaired) electrons. The van der Waals surface area contributed by atoms with Gasteiger partial charge in [0.2, 0.25) is 0 Å². The molecule has 0 N–H and O–H groups in total. The summed E-state index contributed by atoms with van der Waals surface area (Å²) in [7, 11) is 2.12. The molecule has 0 aliphatic heterocycles. The van der Waals surface area contributed by atoms with Crippen molar-refractivity contribution in [1.82, 2.24) is 0 Å². The second-order valence-corrected chi connectivity index (χ2v) is 6.79. The smallest absolute Gasteiger partial charge is 0.324 e. The van der Waals surface area contributed by atoms with E-state index in [2.05, 4.69) is 19.1 Å². The molecule has 0 saturated heterocycles. The van der Waals surface area contributed by atoms with Crippen LogP contribution < -0.4 is 0 Å². The van der Waals surface area contributed by atoms with Crippen molar-refractivity contribution >= 4 is 9.28 Å². The lowest BCUT2D eigenvalue weighted by Gasteiger charge is -2.06. The van der Waals surface area contributed by atoms with E-state index >= 15 is 0 Å². The van der Waals surface area contributed by atoms with E-state index in [-0.39, 0.29) is 0 Å². The Balaban J connectivity index is 3.19. The van der Waals surface area contributed by atoms with Crippen LogP contribution in [0.3, 0.4) is 0 Å². The van der Waals surface area contributed by atoms with Gasteiger partial charge in [-0.15, -0.1) is 0 Å². The van der Waals surface area contributed by atoms with Crippen molar-refractivity contribution in [3.63, 3.8) is 0 Å². The summed E-state index contributed by atoms with van der Waals surface area (Å²) in [5, 5.41) is 0. The number of unbranched alkanes of at least 4 members (excludes halogenated alkanes) is 7. The zero-order valence-corrected chi connectivity index (χ0v) is 13.1. The van der Waals surface area contributed by atoms with Crippen molar-refractivity contribution in [3.05, 3.63) is 12.2 Å². The second kappa shape index (κ2) is 13.9. The van der Waals surface area contributed by atoms with Crippen LogP contribution in [0.4, 0.5) is 0 Å². The molecule has 0 spiro atoms. The Hall–Kier alpha value is -0.123. The van der Waals surface area contributed by atoms with Gasteiger partial charge in [-0.25, -0.2) is 0 Å². The second-order valence-electron chi connectivity index (χ2n) is 4.52. The van der Waals surface area contributed by atoms with Gasteiger partial charge in [-0.1, -0.05) is 57.6 Å². The predicted octanol–water partition coefficient (Wildman–Crippen LogP) is 4.20. The molecule has 0 unspecified atom stereocenters. The van der Waals surface area contributed by atoms with Crippen molar-refractivity contribution in [2.75, 3.05) is 14.2 Å². The number of hydrogen-bond donors (Lipinski definition) is 0. The Bertz CT molecular complexity index is 168. The first-order chi connectivity index (χ1) is 8.35. The summed E-state index contributed by atoms with van der Waals surface area (Å²) >= 11 is 0. The summed E-state index contributed by atoms with van der Waals surface area (Å²) in [5.74, 6) is 0. The maximum atomic E-state index is 5.25. The molecule has 0 bridgehead atoms. The van der Waals surface area contributed by atoms with E-state index in [1.165, 1.54) is 51.4 Å². The third-order valence-electron chi connectivity index (χ3n) is 3.00. The highest BCUT2D eigenvalue weighted by atomic mass is 28.3. The molecule has 0 atom stereocenters. The van der Waals surface area contributed by atoms with E-state index in [9.17, 15) is 0 Å². The van der Waals surface area contributed by atoms with E-state index in [1.54, 1.807) is 14.2 Å². The average molecular weight is 258 g/mol. The number of rotatable bonds is 12. The van der Waals surface area contributed by atoms with Crippen molar-refractivity contribution < 1.29 is 8.85 Å². The van der Waals surface area contributed by atoms with Gasteiger partial charge in [-0.2, -0.15) is 0 Å².